The molecule has 0 fully saturated rings. The number of rotatable bonds is 4. The second kappa shape index (κ2) is 7.08. The number of fused-ring (bicyclic) bond motifs is 2. The van der Waals surface area contributed by atoms with Gasteiger partial charge in [0.2, 0.25) is 5.91 Å². The van der Waals surface area contributed by atoms with Gasteiger partial charge in [-0.2, -0.15) is 0 Å². The van der Waals surface area contributed by atoms with Crippen LogP contribution in [-0.4, -0.2) is 17.0 Å². The number of aromatic nitrogens is 1. The lowest BCUT2D eigenvalue weighted by Crippen LogP contribution is -2.34. The maximum Gasteiger partial charge on any atom is 0.246 e. The van der Waals surface area contributed by atoms with Crippen LogP contribution in [0.5, 0.6) is 0 Å². The summed E-state index contributed by atoms with van der Waals surface area (Å²) in [5, 5.41) is 1.26. The van der Waals surface area contributed by atoms with Gasteiger partial charge in [-0.3, -0.25) is 9.59 Å². The van der Waals surface area contributed by atoms with E-state index in [2.05, 4.69) is 0 Å². The summed E-state index contributed by atoms with van der Waals surface area (Å²) in [6, 6.07) is 24.6. The number of benzene rings is 3. The molecule has 27 heavy (non-hydrogen) atoms. The third kappa shape index (κ3) is 2.99. The summed E-state index contributed by atoms with van der Waals surface area (Å²) in [6.07, 6.45) is 0. The Morgan fingerprint density at radius 3 is 1.89 bits per heavy atom. The van der Waals surface area contributed by atoms with Gasteiger partial charge in [-0.15, -0.1) is 0 Å². The van der Waals surface area contributed by atoms with Gasteiger partial charge >= 0.3 is 0 Å². The third-order valence-corrected chi connectivity index (χ3v) is 4.86. The van der Waals surface area contributed by atoms with Crippen LogP contribution >= 0.6 is 0 Å². The van der Waals surface area contributed by atoms with E-state index in [0.717, 1.165) is 16.7 Å². The molecule has 0 radical (unpaired) electrons. The zero-order valence-electron chi connectivity index (χ0n) is 15.1. The summed E-state index contributed by atoms with van der Waals surface area (Å²) < 4.78 is 1.94. The van der Waals surface area contributed by atoms with Crippen molar-refractivity contribution in [3.63, 3.8) is 0 Å². The minimum atomic E-state index is -0.0114. The molecule has 4 nitrogen and oxygen atoms in total. The van der Waals surface area contributed by atoms with Crippen molar-refractivity contribution in [1.82, 2.24) is 4.57 Å². The van der Waals surface area contributed by atoms with Gasteiger partial charge in [-0.1, -0.05) is 42.5 Å². The van der Waals surface area contributed by atoms with E-state index in [0.29, 0.717) is 17.3 Å². The van der Waals surface area contributed by atoms with Crippen molar-refractivity contribution in [3.8, 4) is 0 Å². The highest BCUT2D eigenvalue weighted by molar-refractivity contribution is 5.98. The average molecular weight is 356 g/mol. The smallest absolute Gasteiger partial charge is 0.246 e. The first kappa shape index (κ1) is 17.0. The lowest BCUT2D eigenvalue weighted by molar-refractivity contribution is -0.119. The van der Waals surface area contributed by atoms with Crippen LogP contribution in [0.3, 0.4) is 0 Å². The summed E-state index contributed by atoms with van der Waals surface area (Å²) in [6.45, 7) is 2.72. The number of hydrogen-bond acceptors (Lipinski definition) is 2. The molecule has 1 aromatic heterocycles. The molecular weight excluding hydrogens is 336 g/mol. The number of anilines is 1. The minimum absolute atomic E-state index is 0.000283. The normalized spacial score (nSPS) is 11.0. The number of pyridine rings is 1. The molecule has 0 unspecified atom stereocenters. The van der Waals surface area contributed by atoms with Crippen LogP contribution < -0.4 is 10.3 Å². The molecule has 1 heterocycles. The summed E-state index contributed by atoms with van der Waals surface area (Å²) in [7, 11) is 0. The Kier molecular flexibility index (Phi) is 4.47. The Morgan fingerprint density at radius 1 is 0.815 bits per heavy atom. The van der Waals surface area contributed by atoms with Crippen molar-refractivity contribution >= 4 is 33.4 Å². The second-order valence-electron chi connectivity index (χ2n) is 6.42. The fourth-order valence-corrected chi connectivity index (χ4v) is 3.58. The van der Waals surface area contributed by atoms with E-state index in [-0.39, 0.29) is 17.9 Å². The molecular formula is C23H20N2O2. The van der Waals surface area contributed by atoms with Gasteiger partial charge in [0.05, 0.1) is 11.0 Å². The zero-order valence-corrected chi connectivity index (χ0v) is 15.1. The molecule has 134 valence electrons. The van der Waals surface area contributed by atoms with Crippen molar-refractivity contribution < 1.29 is 4.79 Å². The number of nitrogens with zero attached hydrogens (tertiary/aromatic N) is 2. The van der Waals surface area contributed by atoms with E-state index in [1.165, 1.54) is 0 Å². The number of carbonyl (C=O) groups is 1. The molecule has 0 saturated heterocycles. The van der Waals surface area contributed by atoms with Crippen molar-refractivity contribution in [2.24, 2.45) is 0 Å². The topological polar surface area (TPSA) is 42.3 Å². The average Bonchev–Trinajstić information content (AvgIpc) is 2.72. The Balaban J connectivity index is 1.87. The molecule has 0 atom stereocenters. The van der Waals surface area contributed by atoms with Gasteiger partial charge in [-0.25, -0.2) is 0 Å². The van der Waals surface area contributed by atoms with Gasteiger partial charge in [0, 0.05) is 23.0 Å². The first-order valence-corrected chi connectivity index (χ1v) is 9.06. The minimum Gasteiger partial charge on any atom is -0.331 e. The lowest BCUT2D eigenvalue weighted by atomic mass is 10.1. The van der Waals surface area contributed by atoms with Crippen LogP contribution in [0.4, 0.5) is 5.69 Å². The predicted molar refractivity (Wildman–Crippen MR) is 110 cm³/mol. The Hall–Kier alpha value is -3.40. The van der Waals surface area contributed by atoms with E-state index < -0.39 is 0 Å². The molecule has 0 aliphatic rings. The predicted octanol–water partition coefficient (Wildman–Crippen LogP) is 4.21. The first-order valence-electron chi connectivity index (χ1n) is 9.06. The second-order valence-corrected chi connectivity index (χ2v) is 6.42. The van der Waals surface area contributed by atoms with Crippen LogP contribution in [-0.2, 0) is 11.3 Å². The first-order chi connectivity index (χ1) is 13.2. The van der Waals surface area contributed by atoms with Crippen LogP contribution in [0.15, 0.2) is 83.7 Å². The molecule has 0 aliphatic heterocycles. The van der Waals surface area contributed by atoms with E-state index in [9.17, 15) is 9.59 Å². The molecule has 4 aromatic rings. The fraction of sp³-hybridized carbons (Fsp3) is 0.130. The molecule has 1 amide bonds. The fourth-order valence-electron chi connectivity index (χ4n) is 3.58. The van der Waals surface area contributed by atoms with Crippen LogP contribution in [0.1, 0.15) is 6.92 Å². The SMILES string of the molecule is CCN(C(=O)Cn1c2ccccc2c(=O)c2ccccc21)c1ccccc1. The molecule has 0 bridgehead atoms. The van der Waals surface area contributed by atoms with Gasteiger partial charge in [0.15, 0.2) is 5.43 Å². The number of likely N-dealkylation sites (N-methyl/N-ethyl adjacent to an activating group) is 1. The summed E-state index contributed by atoms with van der Waals surface area (Å²) in [5.41, 5.74) is 2.43. The maximum absolute atomic E-state index is 13.1. The highest BCUT2D eigenvalue weighted by atomic mass is 16.2. The number of hydrogen-bond donors (Lipinski definition) is 0. The van der Waals surface area contributed by atoms with E-state index >= 15 is 0 Å². The standard InChI is InChI=1S/C23H20N2O2/c1-2-24(17-10-4-3-5-11-17)22(26)16-25-20-14-8-6-12-18(20)23(27)19-13-7-9-15-21(19)25/h3-15H,2,16H2,1H3. The molecule has 4 rings (SSSR count). The van der Waals surface area contributed by atoms with E-state index in [4.69, 9.17) is 0 Å². The quantitative estimate of drug-likeness (QED) is 0.514. The van der Waals surface area contributed by atoms with E-state index in [1.807, 2.05) is 90.4 Å². The summed E-state index contributed by atoms with van der Waals surface area (Å²) >= 11 is 0. The summed E-state index contributed by atoms with van der Waals surface area (Å²) in [5.74, 6) is -0.0114. The Bertz CT molecular complexity index is 1120. The highest BCUT2D eigenvalue weighted by Crippen LogP contribution is 2.20. The van der Waals surface area contributed by atoms with Gasteiger partial charge in [0.1, 0.15) is 6.54 Å². The van der Waals surface area contributed by atoms with Crippen molar-refractivity contribution in [3.05, 3.63) is 89.1 Å². The van der Waals surface area contributed by atoms with Crippen LogP contribution in [0.25, 0.3) is 21.8 Å². The summed E-state index contributed by atoms with van der Waals surface area (Å²) in [4.78, 5) is 27.7. The molecule has 0 N–H and O–H groups in total. The molecule has 4 heteroatoms. The Labute approximate surface area is 157 Å². The molecule has 0 spiro atoms. The van der Waals surface area contributed by atoms with Crippen LogP contribution in [0, 0.1) is 0 Å². The molecule has 0 aliphatic carbocycles. The van der Waals surface area contributed by atoms with Gasteiger partial charge < -0.3 is 9.47 Å². The Morgan fingerprint density at radius 2 is 1.33 bits per heavy atom. The zero-order chi connectivity index (χ0) is 18.8. The highest BCUT2D eigenvalue weighted by Gasteiger charge is 2.17. The lowest BCUT2D eigenvalue weighted by Gasteiger charge is -2.23. The third-order valence-electron chi connectivity index (χ3n) is 4.86. The number of para-hydroxylation sites is 3. The van der Waals surface area contributed by atoms with E-state index in [1.54, 1.807) is 4.90 Å². The molecule has 3 aromatic carbocycles. The van der Waals surface area contributed by atoms with Gasteiger partial charge in [-0.05, 0) is 43.3 Å². The van der Waals surface area contributed by atoms with Crippen molar-refractivity contribution in [2.75, 3.05) is 11.4 Å². The monoisotopic (exact) mass is 356 g/mol. The van der Waals surface area contributed by atoms with Crippen molar-refractivity contribution in [1.29, 1.82) is 0 Å². The largest absolute Gasteiger partial charge is 0.331 e. The van der Waals surface area contributed by atoms with Gasteiger partial charge in [0.25, 0.3) is 0 Å². The number of carbonyl (C=O) groups excluding carboxylic acids is 1. The van der Waals surface area contributed by atoms with Crippen molar-refractivity contribution in [2.45, 2.75) is 13.5 Å². The number of amides is 1. The molecule has 0 saturated carbocycles. The maximum atomic E-state index is 13.1. The van der Waals surface area contributed by atoms with Crippen LogP contribution in [0.2, 0.25) is 0 Å².